The number of aromatic nitrogens is 1. The Labute approximate surface area is 207 Å². The van der Waals surface area contributed by atoms with Crippen LogP contribution in [0.15, 0.2) is 95.6 Å². The number of rotatable bonds is 9. The predicted octanol–water partition coefficient (Wildman–Crippen LogP) is 6.39. The molecule has 5 nitrogen and oxygen atoms in total. The molecule has 0 spiro atoms. The van der Waals surface area contributed by atoms with Gasteiger partial charge >= 0.3 is 6.18 Å². The SMILES string of the molecule is C[C@H](c1ccccc1)N(Cc1nc(C(=O)NCc2ccccc2)co1)Cc1ccccc1C(F)(F)F. The van der Waals surface area contributed by atoms with E-state index >= 15 is 0 Å². The summed E-state index contributed by atoms with van der Waals surface area (Å²) in [7, 11) is 0. The van der Waals surface area contributed by atoms with E-state index in [1.54, 1.807) is 6.07 Å². The van der Waals surface area contributed by atoms with Gasteiger partial charge in [0.2, 0.25) is 5.89 Å². The maximum Gasteiger partial charge on any atom is 0.416 e. The third-order valence-corrected chi connectivity index (χ3v) is 5.94. The number of hydrogen-bond donors (Lipinski definition) is 1. The lowest BCUT2D eigenvalue weighted by atomic mass is 10.0. The summed E-state index contributed by atoms with van der Waals surface area (Å²) in [6.07, 6.45) is -3.20. The van der Waals surface area contributed by atoms with Crippen LogP contribution in [0.3, 0.4) is 0 Å². The lowest BCUT2D eigenvalue weighted by Gasteiger charge is -2.29. The summed E-state index contributed by atoms with van der Waals surface area (Å²) < 4.78 is 46.5. The Morgan fingerprint density at radius 2 is 1.58 bits per heavy atom. The summed E-state index contributed by atoms with van der Waals surface area (Å²) in [6.45, 7) is 2.40. The zero-order chi connectivity index (χ0) is 25.5. The van der Waals surface area contributed by atoms with Crippen molar-refractivity contribution in [2.45, 2.75) is 38.8 Å². The Morgan fingerprint density at radius 3 is 2.28 bits per heavy atom. The number of carbonyl (C=O) groups is 1. The normalized spacial score (nSPS) is 12.5. The highest BCUT2D eigenvalue weighted by molar-refractivity contribution is 5.91. The van der Waals surface area contributed by atoms with Crippen molar-refractivity contribution >= 4 is 5.91 Å². The van der Waals surface area contributed by atoms with Crippen LogP contribution in [-0.2, 0) is 25.8 Å². The van der Waals surface area contributed by atoms with Crippen molar-refractivity contribution in [3.05, 3.63) is 125 Å². The molecule has 0 aliphatic carbocycles. The smallest absolute Gasteiger partial charge is 0.416 e. The largest absolute Gasteiger partial charge is 0.447 e. The topological polar surface area (TPSA) is 58.4 Å². The number of nitrogens with one attached hydrogen (secondary N) is 1. The quantitative estimate of drug-likeness (QED) is 0.294. The number of halogens is 3. The van der Waals surface area contributed by atoms with Gasteiger partial charge in [0.15, 0.2) is 5.69 Å². The van der Waals surface area contributed by atoms with Crippen molar-refractivity contribution in [2.75, 3.05) is 0 Å². The van der Waals surface area contributed by atoms with Gasteiger partial charge in [-0.05, 0) is 29.7 Å². The summed E-state index contributed by atoms with van der Waals surface area (Å²) in [6, 6.07) is 24.2. The first kappa shape index (κ1) is 25.2. The van der Waals surface area contributed by atoms with Gasteiger partial charge in [-0.2, -0.15) is 13.2 Å². The summed E-state index contributed by atoms with van der Waals surface area (Å²) in [5, 5.41) is 2.79. The van der Waals surface area contributed by atoms with E-state index in [1.165, 1.54) is 18.4 Å². The predicted molar refractivity (Wildman–Crippen MR) is 130 cm³/mol. The van der Waals surface area contributed by atoms with E-state index in [0.29, 0.717) is 6.54 Å². The number of carbonyl (C=O) groups excluding carboxylic acids is 1. The standard InChI is InChI=1S/C28H26F3N3O2/c1-20(22-12-6-3-7-13-22)34(17-23-14-8-9-15-24(23)28(29,30)31)18-26-33-25(19-36-26)27(35)32-16-21-10-4-2-5-11-21/h2-15,19-20H,16-18H2,1H3,(H,32,35)/t20-/m1/s1. The fourth-order valence-corrected chi connectivity index (χ4v) is 3.96. The molecule has 0 unspecified atom stereocenters. The fraction of sp³-hybridized carbons (Fsp3) is 0.214. The van der Waals surface area contributed by atoms with Gasteiger partial charge in [-0.1, -0.05) is 78.9 Å². The molecule has 0 radical (unpaired) electrons. The van der Waals surface area contributed by atoms with Gasteiger partial charge in [0.25, 0.3) is 5.91 Å². The Bertz CT molecular complexity index is 1270. The van der Waals surface area contributed by atoms with Crippen LogP contribution in [0.4, 0.5) is 13.2 Å². The number of amides is 1. The molecule has 1 N–H and O–H groups in total. The van der Waals surface area contributed by atoms with E-state index < -0.39 is 11.7 Å². The monoisotopic (exact) mass is 493 g/mol. The molecule has 1 aromatic heterocycles. The van der Waals surface area contributed by atoms with Crippen LogP contribution < -0.4 is 5.32 Å². The molecule has 1 atom stereocenters. The second kappa shape index (κ2) is 11.2. The first-order valence-electron chi connectivity index (χ1n) is 11.5. The van der Waals surface area contributed by atoms with Gasteiger partial charge in [0, 0.05) is 19.1 Å². The van der Waals surface area contributed by atoms with Gasteiger partial charge in [-0.3, -0.25) is 9.69 Å². The van der Waals surface area contributed by atoms with Crippen LogP contribution in [0.5, 0.6) is 0 Å². The van der Waals surface area contributed by atoms with Crippen LogP contribution in [0.1, 0.15) is 51.6 Å². The molecule has 0 bridgehead atoms. The Balaban J connectivity index is 1.53. The highest BCUT2D eigenvalue weighted by atomic mass is 19.4. The molecule has 4 aromatic rings. The van der Waals surface area contributed by atoms with Crippen molar-refractivity contribution in [1.82, 2.24) is 15.2 Å². The zero-order valence-electron chi connectivity index (χ0n) is 19.7. The van der Waals surface area contributed by atoms with E-state index in [0.717, 1.165) is 17.2 Å². The molecule has 1 heterocycles. The molecular weight excluding hydrogens is 467 g/mol. The number of oxazole rings is 1. The number of nitrogens with zero attached hydrogens (tertiary/aromatic N) is 2. The summed E-state index contributed by atoms with van der Waals surface area (Å²) >= 11 is 0. The van der Waals surface area contributed by atoms with E-state index in [-0.39, 0.29) is 42.2 Å². The van der Waals surface area contributed by atoms with Gasteiger partial charge in [-0.15, -0.1) is 0 Å². The minimum Gasteiger partial charge on any atom is -0.447 e. The number of alkyl halides is 3. The third-order valence-electron chi connectivity index (χ3n) is 5.94. The number of benzene rings is 3. The van der Waals surface area contributed by atoms with Crippen LogP contribution in [0.2, 0.25) is 0 Å². The highest BCUT2D eigenvalue weighted by Crippen LogP contribution is 2.34. The summed E-state index contributed by atoms with van der Waals surface area (Å²) in [5.74, 6) is -0.147. The lowest BCUT2D eigenvalue weighted by Crippen LogP contribution is -2.28. The number of hydrogen-bond acceptors (Lipinski definition) is 4. The van der Waals surface area contributed by atoms with Crippen molar-refractivity contribution in [2.24, 2.45) is 0 Å². The van der Waals surface area contributed by atoms with E-state index in [1.807, 2.05) is 72.5 Å². The summed E-state index contributed by atoms with van der Waals surface area (Å²) in [4.78, 5) is 18.7. The maximum absolute atomic E-state index is 13.6. The summed E-state index contributed by atoms with van der Waals surface area (Å²) in [5.41, 5.74) is 1.47. The van der Waals surface area contributed by atoms with Gasteiger partial charge in [0.05, 0.1) is 12.1 Å². The molecule has 0 aliphatic rings. The molecule has 1 amide bonds. The van der Waals surface area contributed by atoms with Crippen molar-refractivity contribution in [3.8, 4) is 0 Å². The Hall–Kier alpha value is -3.91. The van der Waals surface area contributed by atoms with Crippen LogP contribution in [-0.4, -0.2) is 15.8 Å². The second-order valence-corrected chi connectivity index (χ2v) is 8.44. The van der Waals surface area contributed by atoms with Crippen molar-refractivity contribution in [1.29, 1.82) is 0 Å². The average molecular weight is 494 g/mol. The molecule has 3 aromatic carbocycles. The molecular formula is C28H26F3N3O2. The zero-order valence-corrected chi connectivity index (χ0v) is 19.7. The lowest BCUT2D eigenvalue weighted by molar-refractivity contribution is -0.138. The molecule has 4 rings (SSSR count). The first-order valence-corrected chi connectivity index (χ1v) is 11.5. The first-order chi connectivity index (χ1) is 17.3. The maximum atomic E-state index is 13.6. The minimum absolute atomic E-state index is 0.0175. The van der Waals surface area contributed by atoms with Gasteiger partial charge < -0.3 is 9.73 Å². The van der Waals surface area contributed by atoms with E-state index in [2.05, 4.69) is 10.3 Å². The molecule has 186 valence electrons. The molecule has 0 aliphatic heterocycles. The van der Waals surface area contributed by atoms with Gasteiger partial charge in [-0.25, -0.2) is 4.98 Å². The van der Waals surface area contributed by atoms with E-state index in [4.69, 9.17) is 4.42 Å². The molecule has 0 saturated carbocycles. The molecule has 0 saturated heterocycles. The average Bonchev–Trinajstić information content (AvgIpc) is 3.36. The molecule has 0 fully saturated rings. The van der Waals surface area contributed by atoms with E-state index in [9.17, 15) is 18.0 Å². The van der Waals surface area contributed by atoms with Gasteiger partial charge in [0.1, 0.15) is 6.26 Å². The molecule has 8 heteroatoms. The highest BCUT2D eigenvalue weighted by Gasteiger charge is 2.34. The van der Waals surface area contributed by atoms with Crippen LogP contribution in [0, 0.1) is 0 Å². The second-order valence-electron chi connectivity index (χ2n) is 8.44. The molecule has 36 heavy (non-hydrogen) atoms. The van der Waals surface area contributed by atoms with Crippen LogP contribution >= 0.6 is 0 Å². The Morgan fingerprint density at radius 1 is 0.944 bits per heavy atom. The van der Waals surface area contributed by atoms with Crippen molar-refractivity contribution in [3.63, 3.8) is 0 Å². The van der Waals surface area contributed by atoms with Crippen molar-refractivity contribution < 1.29 is 22.4 Å². The Kier molecular flexibility index (Phi) is 7.85. The third kappa shape index (κ3) is 6.40. The van der Waals surface area contributed by atoms with Crippen LogP contribution in [0.25, 0.3) is 0 Å². The minimum atomic E-state index is -4.47. The fourth-order valence-electron chi connectivity index (χ4n) is 3.96.